The summed E-state index contributed by atoms with van der Waals surface area (Å²) in [6, 6.07) is 0. The highest BCUT2D eigenvalue weighted by Crippen LogP contribution is 1.86. The molecule has 0 aliphatic heterocycles. The Morgan fingerprint density at radius 1 is 1.45 bits per heavy atom. The quantitative estimate of drug-likeness (QED) is 0.292. The lowest BCUT2D eigenvalue weighted by molar-refractivity contribution is -0.229. The van der Waals surface area contributed by atoms with Crippen molar-refractivity contribution in [2.45, 2.75) is 6.92 Å². The molecule has 0 aromatic rings. The van der Waals surface area contributed by atoms with Gasteiger partial charge in [-0.1, -0.05) is 6.58 Å². The summed E-state index contributed by atoms with van der Waals surface area (Å²) in [5.74, 6) is -0.792. The maximum Gasteiger partial charge on any atom is 0.367 e. The van der Waals surface area contributed by atoms with E-state index in [1.54, 1.807) is 0 Å². The van der Waals surface area contributed by atoms with Crippen LogP contribution in [0.5, 0.6) is 0 Å². The molecule has 0 aliphatic rings. The van der Waals surface area contributed by atoms with E-state index < -0.39 is 5.97 Å². The first-order chi connectivity index (χ1) is 5.09. The number of hydrogen-bond donors (Lipinski definition) is 3. The van der Waals surface area contributed by atoms with Gasteiger partial charge < -0.3 is 10.2 Å². The smallest absolute Gasteiger partial charge is 0.367 e. The van der Waals surface area contributed by atoms with Crippen LogP contribution in [0.15, 0.2) is 12.2 Å². The molecular formula is C6H12O5. The minimum absolute atomic E-state index is 0.125. The van der Waals surface area contributed by atoms with Gasteiger partial charge in [0, 0.05) is 5.57 Å². The monoisotopic (exact) mass is 164 g/mol. The highest BCUT2D eigenvalue weighted by Gasteiger charge is 1.98. The van der Waals surface area contributed by atoms with Crippen LogP contribution < -0.4 is 0 Å². The normalized spacial score (nSPS) is 7.64. The summed E-state index contributed by atoms with van der Waals surface area (Å²) < 4.78 is 0. The van der Waals surface area contributed by atoms with Crippen molar-refractivity contribution in [1.82, 2.24) is 0 Å². The Morgan fingerprint density at radius 2 is 1.82 bits per heavy atom. The zero-order chi connectivity index (χ0) is 9.28. The van der Waals surface area contributed by atoms with E-state index in [1.807, 2.05) is 0 Å². The van der Waals surface area contributed by atoms with Gasteiger partial charge in [0.15, 0.2) is 0 Å². The second-order valence-corrected chi connectivity index (χ2v) is 1.61. The number of rotatable bonds is 2. The van der Waals surface area contributed by atoms with E-state index >= 15 is 0 Å². The Bertz CT molecular complexity index is 118. The third kappa shape index (κ3) is 12.3. The third-order valence-corrected chi connectivity index (χ3v) is 0.531. The Kier molecular flexibility index (Phi) is 10.5. The molecule has 0 aliphatic carbocycles. The lowest BCUT2D eigenvalue weighted by atomic mass is 10.4. The molecule has 5 heteroatoms. The Labute approximate surface area is 64.5 Å². The molecule has 0 saturated heterocycles. The van der Waals surface area contributed by atoms with Crippen LogP contribution >= 0.6 is 0 Å². The Hall–Kier alpha value is -0.910. The van der Waals surface area contributed by atoms with E-state index in [1.165, 1.54) is 6.92 Å². The predicted molar refractivity (Wildman–Crippen MR) is 37.7 cm³/mol. The summed E-state index contributed by atoms with van der Waals surface area (Å²) in [4.78, 5) is 13.2. The second kappa shape index (κ2) is 9.09. The Morgan fingerprint density at radius 3 is 1.82 bits per heavy atom. The molecule has 0 heterocycles. The standard InChI is InChI=1S/C4H6O3.C2H6O2/c1-3(2)4(5)7-6;3-1-2-4/h6H,1H2,2H3;3-4H,1-2H2. The number of carbonyl (C=O) groups is 1. The van der Waals surface area contributed by atoms with Gasteiger partial charge in [-0.3, -0.25) is 4.89 Å². The molecule has 3 N–H and O–H groups in total. The zero-order valence-electron chi connectivity index (χ0n) is 6.28. The number of carbonyl (C=O) groups excluding carboxylic acids is 1. The lowest BCUT2D eigenvalue weighted by Gasteiger charge is -1.88. The average molecular weight is 164 g/mol. The number of aliphatic hydroxyl groups is 2. The van der Waals surface area contributed by atoms with Gasteiger partial charge in [0.2, 0.25) is 0 Å². The molecule has 66 valence electrons. The molecule has 0 radical (unpaired) electrons. The lowest BCUT2D eigenvalue weighted by Crippen LogP contribution is -1.99. The van der Waals surface area contributed by atoms with Gasteiger partial charge in [0.05, 0.1) is 13.2 Å². The second-order valence-electron chi connectivity index (χ2n) is 1.61. The summed E-state index contributed by atoms with van der Waals surface area (Å²) in [6.07, 6.45) is 0. The van der Waals surface area contributed by atoms with Crippen molar-refractivity contribution in [1.29, 1.82) is 0 Å². The first-order valence-corrected chi connectivity index (χ1v) is 2.83. The Balaban J connectivity index is 0. The molecule has 11 heavy (non-hydrogen) atoms. The van der Waals surface area contributed by atoms with Crippen molar-refractivity contribution in [3.63, 3.8) is 0 Å². The first-order valence-electron chi connectivity index (χ1n) is 2.83. The van der Waals surface area contributed by atoms with Crippen molar-refractivity contribution in [3.05, 3.63) is 12.2 Å². The molecule has 0 saturated carbocycles. The minimum atomic E-state index is -0.792. The molecule has 0 bridgehead atoms. The highest BCUT2D eigenvalue weighted by atomic mass is 17.1. The van der Waals surface area contributed by atoms with Crippen molar-refractivity contribution in [3.8, 4) is 0 Å². The first kappa shape index (κ1) is 12.7. The number of aliphatic hydroxyl groups excluding tert-OH is 2. The highest BCUT2D eigenvalue weighted by molar-refractivity contribution is 5.86. The largest absolute Gasteiger partial charge is 0.394 e. The molecule has 0 spiro atoms. The van der Waals surface area contributed by atoms with Gasteiger partial charge in [-0.25, -0.2) is 4.79 Å². The molecule has 0 aromatic heterocycles. The summed E-state index contributed by atoms with van der Waals surface area (Å²) in [7, 11) is 0. The molecule has 0 aromatic carbocycles. The molecule has 0 atom stereocenters. The van der Waals surface area contributed by atoms with Crippen molar-refractivity contribution in [2.24, 2.45) is 0 Å². The fourth-order valence-electron chi connectivity index (χ4n) is 0.0779. The van der Waals surface area contributed by atoms with Gasteiger partial charge >= 0.3 is 5.97 Å². The maximum absolute atomic E-state index is 9.94. The van der Waals surface area contributed by atoms with Crippen LogP contribution in [0.3, 0.4) is 0 Å². The van der Waals surface area contributed by atoms with Crippen LogP contribution in [0.25, 0.3) is 0 Å². The topological polar surface area (TPSA) is 87.0 Å². The molecule has 5 nitrogen and oxygen atoms in total. The average Bonchev–Trinajstić information content (AvgIpc) is 2.03. The third-order valence-electron chi connectivity index (χ3n) is 0.531. The van der Waals surface area contributed by atoms with E-state index in [0.717, 1.165) is 0 Å². The number of hydrogen-bond acceptors (Lipinski definition) is 5. The van der Waals surface area contributed by atoms with Crippen molar-refractivity contribution in [2.75, 3.05) is 13.2 Å². The maximum atomic E-state index is 9.94. The summed E-state index contributed by atoms with van der Waals surface area (Å²) in [6.45, 7) is 4.38. The van der Waals surface area contributed by atoms with Gasteiger partial charge in [-0.05, 0) is 6.92 Å². The van der Waals surface area contributed by atoms with E-state index in [0.29, 0.717) is 0 Å². The van der Waals surface area contributed by atoms with Crippen LogP contribution in [0.4, 0.5) is 0 Å². The SMILES string of the molecule is C=C(C)C(=O)OO.OCCO. The van der Waals surface area contributed by atoms with Gasteiger partial charge in [-0.15, -0.1) is 0 Å². The van der Waals surface area contributed by atoms with Crippen molar-refractivity contribution >= 4 is 5.97 Å². The van der Waals surface area contributed by atoms with Gasteiger partial charge in [0.25, 0.3) is 0 Å². The fraction of sp³-hybridized carbons (Fsp3) is 0.500. The van der Waals surface area contributed by atoms with E-state index in [9.17, 15) is 4.79 Å². The van der Waals surface area contributed by atoms with Gasteiger partial charge in [-0.2, -0.15) is 5.26 Å². The summed E-state index contributed by atoms with van der Waals surface area (Å²) in [5.41, 5.74) is 0.183. The van der Waals surface area contributed by atoms with Crippen LogP contribution in [0.2, 0.25) is 0 Å². The molecule has 0 unspecified atom stereocenters. The van der Waals surface area contributed by atoms with E-state index in [2.05, 4.69) is 11.5 Å². The van der Waals surface area contributed by atoms with Crippen molar-refractivity contribution < 1.29 is 25.2 Å². The van der Waals surface area contributed by atoms with Crippen LogP contribution in [-0.2, 0) is 9.68 Å². The molecule has 0 fully saturated rings. The summed E-state index contributed by atoms with van der Waals surface area (Å²) >= 11 is 0. The molecule has 0 rings (SSSR count). The van der Waals surface area contributed by atoms with Crippen LogP contribution in [-0.4, -0.2) is 34.7 Å². The molecule has 0 amide bonds. The zero-order valence-corrected chi connectivity index (χ0v) is 6.28. The van der Waals surface area contributed by atoms with E-state index in [-0.39, 0.29) is 18.8 Å². The predicted octanol–water partition coefficient (Wildman–Crippen LogP) is -0.450. The van der Waals surface area contributed by atoms with E-state index in [4.69, 9.17) is 15.5 Å². The molecular weight excluding hydrogens is 152 g/mol. The fourth-order valence-corrected chi connectivity index (χ4v) is 0.0779. The van der Waals surface area contributed by atoms with Gasteiger partial charge in [0.1, 0.15) is 0 Å². The van der Waals surface area contributed by atoms with Crippen LogP contribution in [0, 0.1) is 0 Å². The summed E-state index contributed by atoms with van der Waals surface area (Å²) in [5, 5.41) is 22.8. The van der Waals surface area contributed by atoms with Crippen LogP contribution in [0.1, 0.15) is 6.92 Å². The minimum Gasteiger partial charge on any atom is -0.394 e.